The number of benzene rings is 1. The maximum absolute atomic E-state index is 10.8. The van der Waals surface area contributed by atoms with Crippen LogP contribution in [0.4, 0.5) is 5.69 Å². The van der Waals surface area contributed by atoms with Crippen molar-refractivity contribution in [2.45, 2.75) is 0 Å². The van der Waals surface area contributed by atoms with Crippen molar-refractivity contribution < 1.29 is 4.92 Å². The Morgan fingerprint density at radius 1 is 1.33 bits per heavy atom. The van der Waals surface area contributed by atoms with Gasteiger partial charge in [0.05, 0.1) is 10.6 Å². The van der Waals surface area contributed by atoms with Crippen LogP contribution in [-0.4, -0.2) is 14.5 Å². The van der Waals surface area contributed by atoms with Gasteiger partial charge >= 0.3 is 0 Å². The average Bonchev–Trinajstić information content (AvgIpc) is 2.86. The Morgan fingerprint density at radius 2 is 2.11 bits per heavy atom. The Hall–Kier alpha value is -3.19. The minimum atomic E-state index is -0.634. The molecule has 0 aliphatic carbocycles. The molecule has 0 saturated heterocycles. The van der Waals surface area contributed by atoms with Crippen molar-refractivity contribution in [2.24, 2.45) is 0 Å². The molecule has 18 heavy (non-hydrogen) atoms. The first-order valence-corrected chi connectivity index (χ1v) is 4.79. The third kappa shape index (κ3) is 1.77. The molecule has 1 aromatic carbocycles. The molecule has 0 radical (unpaired) electrons. The zero-order valence-electron chi connectivity index (χ0n) is 8.94. The molecule has 0 spiro atoms. The van der Waals surface area contributed by atoms with Crippen molar-refractivity contribution in [2.75, 3.05) is 0 Å². The fraction of sp³-hybridized carbons (Fsp3) is 0. The second kappa shape index (κ2) is 4.36. The molecule has 0 saturated carbocycles. The highest BCUT2D eigenvalue weighted by molar-refractivity contribution is 5.55. The predicted molar refractivity (Wildman–Crippen MR) is 59.6 cm³/mol. The third-order valence-corrected chi connectivity index (χ3v) is 2.32. The Morgan fingerprint density at radius 3 is 2.72 bits per heavy atom. The summed E-state index contributed by atoms with van der Waals surface area (Å²) in [5.41, 5.74) is 0.0877. The van der Waals surface area contributed by atoms with Gasteiger partial charge in [-0.2, -0.15) is 10.5 Å². The maximum atomic E-state index is 10.8. The van der Waals surface area contributed by atoms with Gasteiger partial charge in [0.25, 0.3) is 5.69 Å². The quantitative estimate of drug-likeness (QED) is 0.583. The van der Waals surface area contributed by atoms with Crippen molar-refractivity contribution in [3.8, 4) is 17.8 Å². The van der Waals surface area contributed by atoms with Crippen LogP contribution in [0.15, 0.2) is 30.6 Å². The molecule has 1 heterocycles. The van der Waals surface area contributed by atoms with E-state index in [1.807, 2.05) is 6.07 Å². The number of rotatable bonds is 2. The van der Waals surface area contributed by atoms with Crippen LogP contribution in [0, 0.1) is 32.8 Å². The smallest absolute Gasteiger partial charge is 0.289 e. The summed E-state index contributed by atoms with van der Waals surface area (Å²) in [6.45, 7) is 0. The fourth-order valence-corrected chi connectivity index (χ4v) is 1.51. The van der Waals surface area contributed by atoms with Gasteiger partial charge in [-0.15, -0.1) is 0 Å². The van der Waals surface area contributed by atoms with E-state index in [0.29, 0.717) is 5.69 Å². The molecule has 0 fully saturated rings. The molecule has 0 bridgehead atoms. The molecule has 0 atom stereocenters. The summed E-state index contributed by atoms with van der Waals surface area (Å²) in [7, 11) is 0. The number of imidazole rings is 1. The lowest BCUT2D eigenvalue weighted by Crippen LogP contribution is -1.99. The Kier molecular flexibility index (Phi) is 2.73. The first-order chi connectivity index (χ1) is 8.67. The van der Waals surface area contributed by atoms with Gasteiger partial charge in [0.15, 0.2) is 0 Å². The van der Waals surface area contributed by atoms with E-state index in [1.54, 1.807) is 6.07 Å². The van der Waals surface area contributed by atoms with Crippen LogP contribution in [-0.2, 0) is 0 Å². The van der Waals surface area contributed by atoms with Crippen molar-refractivity contribution in [1.29, 1.82) is 10.5 Å². The molecular weight excluding hydrogens is 234 g/mol. The van der Waals surface area contributed by atoms with Gasteiger partial charge in [-0.25, -0.2) is 4.98 Å². The van der Waals surface area contributed by atoms with Gasteiger partial charge in [0.2, 0.25) is 5.82 Å². The summed E-state index contributed by atoms with van der Waals surface area (Å²) in [5.74, 6) is 0.119. The number of nitro groups is 1. The van der Waals surface area contributed by atoms with Gasteiger partial charge in [0.1, 0.15) is 17.7 Å². The van der Waals surface area contributed by atoms with Gasteiger partial charge in [-0.1, -0.05) is 0 Å². The molecular formula is C11H5N5O2. The molecule has 2 rings (SSSR count). The van der Waals surface area contributed by atoms with E-state index < -0.39 is 4.92 Å². The van der Waals surface area contributed by atoms with Crippen LogP contribution in [0.3, 0.4) is 0 Å². The highest BCUT2D eigenvalue weighted by Crippen LogP contribution is 2.22. The van der Waals surface area contributed by atoms with E-state index in [2.05, 4.69) is 4.98 Å². The first-order valence-electron chi connectivity index (χ1n) is 4.79. The highest BCUT2D eigenvalue weighted by atomic mass is 16.6. The largest absolute Gasteiger partial charge is 0.291 e. The lowest BCUT2D eigenvalue weighted by Gasteiger charge is -2.03. The SMILES string of the molecule is N#Cc1ccc(-n2ccnc2C#N)cc1[N+](=O)[O-]. The van der Waals surface area contributed by atoms with Crippen molar-refractivity contribution in [1.82, 2.24) is 9.55 Å². The fourth-order valence-electron chi connectivity index (χ4n) is 1.51. The lowest BCUT2D eigenvalue weighted by atomic mass is 10.2. The average molecular weight is 239 g/mol. The van der Waals surface area contributed by atoms with E-state index in [0.717, 1.165) is 0 Å². The summed E-state index contributed by atoms with van der Waals surface area (Å²) in [5, 5.41) is 28.4. The molecule has 7 nitrogen and oxygen atoms in total. The maximum Gasteiger partial charge on any atom is 0.289 e. The zero-order valence-corrected chi connectivity index (χ0v) is 8.94. The number of nitrogens with zero attached hydrogens (tertiary/aromatic N) is 5. The molecule has 2 aromatic rings. The highest BCUT2D eigenvalue weighted by Gasteiger charge is 2.15. The number of nitro benzene ring substituents is 1. The van der Waals surface area contributed by atoms with Gasteiger partial charge in [-0.05, 0) is 12.1 Å². The number of hydrogen-bond donors (Lipinski definition) is 0. The monoisotopic (exact) mass is 239 g/mol. The van der Waals surface area contributed by atoms with E-state index in [4.69, 9.17) is 10.5 Å². The minimum absolute atomic E-state index is 0.0256. The van der Waals surface area contributed by atoms with Crippen LogP contribution < -0.4 is 0 Å². The topological polar surface area (TPSA) is 109 Å². The van der Waals surface area contributed by atoms with Crippen molar-refractivity contribution in [3.05, 3.63) is 52.1 Å². The van der Waals surface area contributed by atoms with E-state index in [1.165, 1.54) is 35.2 Å². The third-order valence-electron chi connectivity index (χ3n) is 2.32. The van der Waals surface area contributed by atoms with Crippen LogP contribution in [0.2, 0.25) is 0 Å². The molecule has 86 valence electrons. The second-order valence-electron chi connectivity index (χ2n) is 3.30. The molecule has 1 aromatic heterocycles. The van der Waals surface area contributed by atoms with E-state index in [-0.39, 0.29) is 17.1 Å². The van der Waals surface area contributed by atoms with Crippen LogP contribution >= 0.6 is 0 Å². The molecule has 0 aliphatic heterocycles. The van der Waals surface area contributed by atoms with Crippen LogP contribution in [0.1, 0.15) is 11.4 Å². The first kappa shape index (κ1) is 11.3. The molecule has 0 amide bonds. The molecule has 7 heteroatoms. The Labute approximate surface area is 101 Å². The number of hydrogen-bond acceptors (Lipinski definition) is 5. The van der Waals surface area contributed by atoms with Gasteiger partial charge in [-0.3, -0.25) is 14.7 Å². The molecule has 0 N–H and O–H groups in total. The molecule has 0 unspecified atom stereocenters. The zero-order chi connectivity index (χ0) is 13.1. The van der Waals surface area contributed by atoms with E-state index in [9.17, 15) is 10.1 Å². The Balaban J connectivity index is 2.62. The summed E-state index contributed by atoms with van der Waals surface area (Å²) in [6.07, 6.45) is 2.94. The number of nitriles is 2. The van der Waals surface area contributed by atoms with Crippen molar-refractivity contribution >= 4 is 5.69 Å². The van der Waals surface area contributed by atoms with E-state index >= 15 is 0 Å². The second-order valence-corrected chi connectivity index (χ2v) is 3.30. The minimum Gasteiger partial charge on any atom is -0.291 e. The van der Waals surface area contributed by atoms with Gasteiger partial charge < -0.3 is 0 Å². The predicted octanol–water partition coefficient (Wildman–Crippen LogP) is 1.52. The summed E-state index contributed by atoms with van der Waals surface area (Å²) in [4.78, 5) is 14.0. The lowest BCUT2D eigenvalue weighted by molar-refractivity contribution is -0.385. The van der Waals surface area contributed by atoms with Crippen LogP contribution in [0.25, 0.3) is 5.69 Å². The number of aromatic nitrogens is 2. The Bertz CT molecular complexity index is 705. The van der Waals surface area contributed by atoms with Gasteiger partial charge in [0, 0.05) is 18.5 Å². The summed E-state index contributed by atoms with van der Waals surface area (Å²) in [6, 6.07) is 7.72. The normalized spacial score (nSPS) is 9.44. The standard InChI is InChI=1S/C11H5N5O2/c12-6-8-1-2-9(5-10(8)16(17)18)15-4-3-14-11(15)7-13/h1-5H. The van der Waals surface area contributed by atoms with Crippen molar-refractivity contribution in [3.63, 3.8) is 0 Å². The summed E-state index contributed by atoms with van der Waals surface area (Å²) < 4.78 is 1.41. The molecule has 0 aliphatic rings. The summed E-state index contributed by atoms with van der Waals surface area (Å²) >= 11 is 0. The van der Waals surface area contributed by atoms with Crippen LogP contribution in [0.5, 0.6) is 0 Å².